The maximum Gasteiger partial charge on any atom is 0.327 e. The second kappa shape index (κ2) is 11.5. The molecule has 1 aliphatic heterocycles. The van der Waals surface area contributed by atoms with Crippen LogP contribution in [0.5, 0.6) is 5.75 Å². The van der Waals surface area contributed by atoms with E-state index in [4.69, 9.17) is 21.1 Å². The Morgan fingerprint density at radius 2 is 1.66 bits per heavy atom. The van der Waals surface area contributed by atoms with Gasteiger partial charge in [-0.25, -0.2) is 4.79 Å². The first-order valence-corrected chi connectivity index (χ1v) is 10.7. The third kappa shape index (κ3) is 6.21. The third-order valence-corrected chi connectivity index (χ3v) is 5.55. The third-order valence-electron chi connectivity index (χ3n) is 5.21. The molecule has 9 heteroatoms. The van der Waals surface area contributed by atoms with Crippen LogP contribution >= 0.6 is 11.6 Å². The molecule has 1 atom stereocenters. The number of para-hydroxylation sites is 1. The van der Waals surface area contributed by atoms with Gasteiger partial charge in [0, 0.05) is 31.2 Å². The van der Waals surface area contributed by atoms with Gasteiger partial charge in [0.2, 0.25) is 5.91 Å². The Morgan fingerprint density at radius 1 is 1.00 bits per heavy atom. The van der Waals surface area contributed by atoms with Gasteiger partial charge < -0.3 is 19.7 Å². The molecule has 0 saturated carbocycles. The Kier molecular flexibility index (Phi) is 8.47. The molecule has 1 saturated heterocycles. The molecule has 3 rings (SSSR count). The predicted octanol–water partition coefficient (Wildman–Crippen LogP) is 1.89. The molecule has 8 nitrogen and oxygen atoms in total. The molecule has 0 aliphatic carbocycles. The monoisotopic (exact) mass is 459 g/mol. The molecule has 170 valence electrons. The number of amides is 2. The van der Waals surface area contributed by atoms with Crippen molar-refractivity contribution in [3.05, 3.63) is 65.2 Å². The number of methoxy groups -OCH3 is 1. The van der Waals surface area contributed by atoms with Crippen molar-refractivity contribution in [2.24, 2.45) is 0 Å². The Balaban J connectivity index is 1.48. The van der Waals surface area contributed by atoms with E-state index < -0.39 is 12.0 Å². The highest BCUT2D eigenvalue weighted by atomic mass is 35.5. The Morgan fingerprint density at radius 3 is 2.31 bits per heavy atom. The minimum atomic E-state index is -0.638. The molecule has 1 unspecified atom stereocenters. The van der Waals surface area contributed by atoms with Crippen LogP contribution in [-0.2, 0) is 19.1 Å². The Bertz CT molecular complexity index is 932. The average molecular weight is 460 g/mol. The van der Waals surface area contributed by atoms with E-state index in [1.807, 2.05) is 29.2 Å². The summed E-state index contributed by atoms with van der Waals surface area (Å²) in [5.41, 5.74) is 0.673. The smallest absolute Gasteiger partial charge is 0.327 e. The number of benzene rings is 2. The fraction of sp³-hybridized carbons (Fsp3) is 0.348. The SMILES string of the molecule is COC(=O)C(c1ccccc1Cl)N1CCN(C(=O)CNC(=O)COc2ccccc2)CC1. The number of ether oxygens (including phenoxy) is 2. The van der Waals surface area contributed by atoms with Crippen LogP contribution in [0.4, 0.5) is 0 Å². The second-order valence-corrected chi connectivity index (χ2v) is 7.65. The summed E-state index contributed by atoms with van der Waals surface area (Å²) >= 11 is 6.30. The summed E-state index contributed by atoms with van der Waals surface area (Å²) in [5, 5.41) is 3.07. The van der Waals surface area contributed by atoms with Crippen molar-refractivity contribution in [1.29, 1.82) is 0 Å². The van der Waals surface area contributed by atoms with E-state index in [0.717, 1.165) is 0 Å². The van der Waals surface area contributed by atoms with Gasteiger partial charge >= 0.3 is 5.97 Å². The lowest BCUT2D eigenvalue weighted by atomic mass is 10.0. The van der Waals surface area contributed by atoms with Crippen molar-refractivity contribution in [3.63, 3.8) is 0 Å². The van der Waals surface area contributed by atoms with Crippen molar-refractivity contribution < 1.29 is 23.9 Å². The van der Waals surface area contributed by atoms with Crippen molar-refractivity contribution in [2.75, 3.05) is 46.4 Å². The molecule has 0 aromatic heterocycles. The highest BCUT2D eigenvalue weighted by Gasteiger charge is 2.33. The number of rotatable bonds is 8. The van der Waals surface area contributed by atoms with E-state index in [2.05, 4.69) is 5.32 Å². The van der Waals surface area contributed by atoms with Crippen molar-refractivity contribution in [2.45, 2.75) is 6.04 Å². The maximum absolute atomic E-state index is 12.5. The summed E-state index contributed by atoms with van der Waals surface area (Å²) in [6.07, 6.45) is 0. The highest BCUT2D eigenvalue weighted by Crippen LogP contribution is 2.29. The number of halogens is 1. The van der Waals surface area contributed by atoms with Crippen LogP contribution in [-0.4, -0.2) is 74.0 Å². The molecule has 1 heterocycles. The number of piperazine rings is 1. The number of hydrogen-bond donors (Lipinski definition) is 1. The summed E-state index contributed by atoms with van der Waals surface area (Å²) in [7, 11) is 1.34. The van der Waals surface area contributed by atoms with Gasteiger partial charge in [-0.05, 0) is 23.8 Å². The van der Waals surface area contributed by atoms with Crippen LogP contribution in [0.1, 0.15) is 11.6 Å². The van der Waals surface area contributed by atoms with E-state index in [1.54, 1.807) is 35.2 Å². The zero-order valence-corrected chi connectivity index (χ0v) is 18.6. The molecule has 0 spiro atoms. The molecule has 1 fully saturated rings. The molecular weight excluding hydrogens is 434 g/mol. The van der Waals surface area contributed by atoms with Gasteiger partial charge in [0.25, 0.3) is 5.91 Å². The Hall–Kier alpha value is -3.10. The van der Waals surface area contributed by atoms with E-state index >= 15 is 0 Å². The topological polar surface area (TPSA) is 88.2 Å². The molecule has 2 aromatic rings. The van der Waals surface area contributed by atoms with Crippen molar-refractivity contribution in [3.8, 4) is 5.75 Å². The number of nitrogens with one attached hydrogen (secondary N) is 1. The van der Waals surface area contributed by atoms with Crippen LogP contribution in [0, 0.1) is 0 Å². The fourth-order valence-corrected chi connectivity index (χ4v) is 3.75. The van der Waals surface area contributed by atoms with E-state index in [9.17, 15) is 14.4 Å². The number of carbonyl (C=O) groups is 3. The lowest BCUT2D eigenvalue weighted by Crippen LogP contribution is -2.53. The first-order chi connectivity index (χ1) is 15.5. The normalized spacial score (nSPS) is 15.0. The number of carbonyl (C=O) groups excluding carboxylic acids is 3. The average Bonchev–Trinajstić information content (AvgIpc) is 2.83. The first kappa shape index (κ1) is 23.6. The lowest BCUT2D eigenvalue weighted by molar-refractivity contribution is -0.148. The zero-order valence-electron chi connectivity index (χ0n) is 17.8. The Labute approximate surface area is 192 Å². The number of nitrogens with zero attached hydrogens (tertiary/aromatic N) is 2. The van der Waals surface area contributed by atoms with Gasteiger partial charge in [0.15, 0.2) is 6.61 Å². The van der Waals surface area contributed by atoms with Gasteiger partial charge in [-0.15, -0.1) is 0 Å². The molecule has 2 amide bonds. The van der Waals surface area contributed by atoms with Crippen molar-refractivity contribution >= 4 is 29.4 Å². The van der Waals surface area contributed by atoms with Crippen LogP contribution in [0.15, 0.2) is 54.6 Å². The zero-order chi connectivity index (χ0) is 22.9. The summed E-state index contributed by atoms with van der Waals surface area (Å²) in [6.45, 7) is 1.52. The standard InChI is InChI=1S/C23H26ClN3O5/c1-31-23(30)22(18-9-5-6-10-19(18)24)27-13-11-26(12-14-27)21(29)15-25-20(28)16-32-17-7-3-2-4-8-17/h2-10,22H,11-16H2,1H3,(H,25,28). The molecule has 32 heavy (non-hydrogen) atoms. The number of hydrogen-bond acceptors (Lipinski definition) is 6. The van der Waals surface area contributed by atoms with Crippen LogP contribution in [0.25, 0.3) is 0 Å². The van der Waals surface area contributed by atoms with Crippen molar-refractivity contribution in [1.82, 2.24) is 15.1 Å². The van der Waals surface area contributed by atoms with Gasteiger partial charge in [-0.2, -0.15) is 0 Å². The quantitative estimate of drug-likeness (QED) is 0.606. The summed E-state index contributed by atoms with van der Waals surface area (Å²) < 4.78 is 10.4. The molecule has 1 aliphatic rings. The van der Waals surface area contributed by atoms with Crippen LogP contribution < -0.4 is 10.1 Å². The number of esters is 1. The van der Waals surface area contributed by atoms with Gasteiger partial charge in [0.05, 0.1) is 13.7 Å². The van der Waals surface area contributed by atoms with E-state index in [-0.39, 0.29) is 25.0 Å². The molecule has 2 aromatic carbocycles. The maximum atomic E-state index is 12.5. The van der Waals surface area contributed by atoms with Crippen LogP contribution in [0.2, 0.25) is 5.02 Å². The largest absolute Gasteiger partial charge is 0.484 e. The minimum Gasteiger partial charge on any atom is -0.484 e. The predicted molar refractivity (Wildman–Crippen MR) is 119 cm³/mol. The molecular formula is C23H26ClN3O5. The summed E-state index contributed by atoms with van der Waals surface area (Å²) in [5.74, 6) is -0.372. The minimum absolute atomic E-state index is 0.109. The molecule has 0 radical (unpaired) electrons. The summed E-state index contributed by atoms with van der Waals surface area (Å²) in [6, 6.07) is 15.5. The molecule has 1 N–H and O–H groups in total. The first-order valence-electron chi connectivity index (χ1n) is 10.3. The second-order valence-electron chi connectivity index (χ2n) is 7.24. The van der Waals surface area contributed by atoms with Crippen LogP contribution in [0.3, 0.4) is 0 Å². The highest BCUT2D eigenvalue weighted by molar-refractivity contribution is 6.31. The van der Waals surface area contributed by atoms with Gasteiger partial charge in [-0.3, -0.25) is 14.5 Å². The summed E-state index contributed by atoms with van der Waals surface area (Å²) in [4.78, 5) is 40.5. The lowest BCUT2D eigenvalue weighted by Gasteiger charge is -2.38. The van der Waals surface area contributed by atoms with Gasteiger partial charge in [0.1, 0.15) is 11.8 Å². The molecule has 0 bridgehead atoms. The van der Waals surface area contributed by atoms with Gasteiger partial charge in [-0.1, -0.05) is 48.0 Å². The van der Waals surface area contributed by atoms with E-state index in [1.165, 1.54) is 7.11 Å². The fourth-order valence-electron chi connectivity index (χ4n) is 3.51. The van der Waals surface area contributed by atoms with E-state index in [0.29, 0.717) is 42.5 Å².